The largest absolute Gasteiger partial charge is 0.456 e. The second kappa shape index (κ2) is 11.9. The summed E-state index contributed by atoms with van der Waals surface area (Å²) in [5.74, 6) is 0. The quantitative estimate of drug-likeness (QED) is 0.167. The lowest BCUT2D eigenvalue weighted by molar-refractivity contribution is 0.669. The fourth-order valence-corrected chi connectivity index (χ4v) is 9.41. The van der Waals surface area contributed by atoms with Crippen molar-refractivity contribution in [2.24, 2.45) is 0 Å². The summed E-state index contributed by atoms with van der Waals surface area (Å²) in [6, 6.07) is 68.1. The highest BCUT2D eigenvalue weighted by atomic mass is 32.1. The third-order valence-corrected chi connectivity index (χ3v) is 11.8. The first kappa shape index (κ1) is 30.0. The van der Waals surface area contributed by atoms with Gasteiger partial charge >= 0.3 is 0 Å². The van der Waals surface area contributed by atoms with Crippen molar-refractivity contribution in [1.82, 2.24) is 0 Å². The molecule has 0 saturated heterocycles. The summed E-state index contributed by atoms with van der Waals surface area (Å²) in [5, 5.41) is 9.82. The van der Waals surface area contributed by atoms with Crippen LogP contribution in [-0.2, 0) is 0 Å². The first-order valence-electron chi connectivity index (χ1n) is 18.0. The molecule has 53 heavy (non-hydrogen) atoms. The standard InChI is InChI=1S/C50H31NOS/c1-2-16-36-33(13-1)30-43(39-19-4-3-18-38(36)39)32-14-11-15-35(29-32)51(45-23-12-25-47-50(45)42-21-6-9-24-46(42)52-47)44-22-8-5-17-37(44)34-27-28-41-40-20-7-10-26-48(40)53-49(41)31-34/h1-31H. The highest BCUT2D eigenvalue weighted by Gasteiger charge is 2.23. The molecule has 11 rings (SSSR count). The average Bonchev–Trinajstić information content (AvgIpc) is 3.79. The lowest BCUT2D eigenvalue weighted by Gasteiger charge is -2.29. The molecular formula is C50H31NOS. The van der Waals surface area contributed by atoms with Gasteiger partial charge in [0, 0.05) is 36.8 Å². The van der Waals surface area contributed by atoms with Gasteiger partial charge in [-0.3, -0.25) is 0 Å². The number of rotatable bonds is 5. The van der Waals surface area contributed by atoms with Crippen molar-refractivity contribution >= 4 is 92.1 Å². The molecule has 3 heteroatoms. The molecule has 0 atom stereocenters. The van der Waals surface area contributed by atoms with Crippen LogP contribution in [0.4, 0.5) is 17.1 Å². The molecule has 2 heterocycles. The van der Waals surface area contributed by atoms with Gasteiger partial charge in [-0.05, 0) is 92.8 Å². The van der Waals surface area contributed by atoms with Crippen molar-refractivity contribution in [3.63, 3.8) is 0 Å². The number of para-hydroxylation sites is 2. The lowest BCUT2D eigenvalue weighted by atomic mass is 9.93. The van der Waals surface area contributed by atoms with Crippen molar-refractivity contribution in [2.75, 3.05) is 4.90 Å². The maximum absolute atomic E-state index is 6.46. The van der Waals surface area contributed by atoms with Gasteiger partial charge in [-0.1, -0.05) is 133 Å². The van der Waals surface area contributed by atoms with E-state index in [1.807, 2.05) is 17.4 Å². The monoisotopic (exact) mass is 693 g/mol. The maximum atomic E-state index is 6.46. The van der Waals surface area contributed by atoms with E-state index < -0.39 is 0 Å². The van der Waals surface area contributed by atoms with Gasteiger partial charge in [0.1, 0.15) is 11.2 Å². The van der Waals surface area contributed by atoms with Crippen LogP contribution < -0.4 is 4.90 Å². The molecule has 0 amide bonds. The number of nitrogens with zero attached hydrogens (tertiary/aromatic N) is 1. The van der Waals surface area contributed by atoms with E-state index in [0.717, 1.165) is 39.0 Å². The zero-order valence-electron chi connectivity index (χ0n) is 28.7. The van der Waals surface area contributed by atoms with Crippen LogP contribution in [0.5, 0.6) is 0 Å². The smallest absolute Gasteiger partial charge is 0.137 e. The Morgan fingerprint density at radius 2 is 1.04 bits per heavy atom. The van der Waals surface area contributed by atoms with Crippen molar-refractivity contribution in [3.05, 3.63) is 188 Å². The Morgan fingerprint density at radius 1 is 0.377 bits per heavy atom. The molecular weight excluding hydrogens is 663 g/mol. The molecule has 9 aromatic carbocycles. The van der Waals surface area contributed by atoms with Crippen LogP contribution in [-0.4, -0.2) is 0 Å². The van der Waals surface area contributed by atoms with Crippen LogP contribution in [0.25, 0.3) is 85.9 Å². The first-order chi connectivity index (χ1) is 26.3. The van der Waals surface area contributed by atoms with E-state index in [0.29, 0.717) is 0 Å². The van der Waals surface area contributed by atoms with Crippen LogP contribution in [0.1, 0.15) is 0 Å². The fourth-order valence-electron chi connectivity index (χ4n) is 8.26. The van der Waals surface area contributed by atoms with Crippen LogP contribution in [0.2, 0.25) is 0 Å². The Bertz CT molecular complexity index is 3200. The Labute approximate surface area is 310 Å². The molecule has 0 fully saturated rings. The number of benzene rings is 9. The van der Waals surface area contributed by atoms with Gasteiger partial charge in [-0.25, -0.2) is 0 Å². The minimum absolute atomic E-state index is 0.870. The maximum Gasteiger partial charge on any atom is 0.137 e. The summed E-state index contributed by atoms with van der Waals surface area (Å²) < 4.78 is 9.06. The topological polar surface area (TPSA) is 16.4 Å². The molecule has 0 N–H and O–H groups in total. The third kappa shape index (κ3) is 4.78. The summed E-state index contributed by atoms with van der Waals surface area (Å²) in [7, 11) is 0. The lowest BCUT2D eigenvalue weighted by Crippen LogP contribution is -2.11. The minimum Gasteiger partial charge on any atom is -0.456 e. The van der Waals surface area contributed by atoms with Crippen LogP contribution in [0.3, 0.4) is 0 Å². The van der Waals surface area contributed by atoms with Gasteiger partial charge in [-0.2, -0.15) is 0 Å². The van der Waals surface area contributed by atoms with E-state index in [9.17, 15) is 0 Å². The molecule has 0 aliphatic heterocycles. The van der Waals surface area contributed by atoms with E-state index in [1.165, 1.54) is 64.0 Å². The number of thiophene rings is 1. The first-order valence-corrected chi connectivity index (χ1v) is 18.8. The Balaban J connectivity index is 1.17. The van der Waals surface area contributed by atoms with E-state index in [2.05, 4.69) is 187 Å². The number of hydrogen-bond acceptors (Lipinski definition) is 3. The normalized spacial score (nSPS) is 11.8. The fraction of sp³-hybridized carbons (Fsp3) is 0. The van der Waals surface area contributed by atoms with E-state index >= 15 is 0 Å². The van der Waals surface area contributed by atoms with Crippen LogP contribution in [0.15, 0.2) is 192 Å². The SMILES string of the molecule is c1cc(-c2cc3ccccc3c3ccccc23)cc(N(c2ccccc2-c2ccc3c(c2)sc2ccccc23)c2cccc3oc4ccccc4c23)c1. The second-order valence-corrected chi connectivity index (χ2v) is 14.7. The summed E-state index contributed by atoms with van der Waals surface area (Å²) in [4.78, 5) is 2.43. The van der Waals surface area contributed by atoms with E-state index in [-0.39, 0.29) is 0 Å². The van der Waals surface area contributed by atoms with E-state index in [4.69, 9.17) is 4.42 Å². The molecule has 248 valence electrons. The Hall–Kier alpha value is -6.68. The minimum atomic E-state index is 0.870. The summed E-state index contributed by atoms with van der Waals surface area (Å²) in [6.45, 7) is 0. The number of furan rings is 1. The highest BCUT2D eigenvalue weighted by molar-refractivity contribution is 7.25. The van der Waals surface area contributed by atoms with Crippen molar-refractivity contribution in [2.45, 2.75) is 0 Å². The molecule has 11 aromatic rings. The molecule has 0 saturated carbocycles. The van der Waals surface area contributed by atoms with Crippen LogP contribution in [0, 0.1) is 0 Å². The van der Waals surface area contributed by atoms with Gasteiger partial charge in [-0.15, -0.1) is 11.3 Å². The number of anilines is 3. The Kier molecular flexibility index (Phi) is 6.76. The van der Waals surface area contributed by atoms with Gasteiger partial charge < -0.3 is 9.32 Å². The predicted molar refractivity (Wildman–Crippen MR) is 227 cm³/mol. The van der Waals surface area contributed by atoms with Crippen molar-refractivity contribution in [3.8, 4) is 22.3 Å². The number of fused-ring (bicyclic) bond motifs is 9. The van der Waals surface area contributed by atoms with Crippen molar-refractivity contribution in [1.29, 1.82) is 0 Å². The molecule has 0 unspecified atom stereocenters. The summed E-state index contributed by atoms with van der Waals surface area (Å²) in [5.41, 5.74) is 9.75. The predicted octanol–water partition coefficient (Wildman–Crippen LogP) is 15.1. The molecule has 0 bridgehead atoms. The molecule has 2 nitrogen and oxygen atoms in total. The molecule has 0 aliphatic rings. The zero-order valence-corrected chi connectivity index (χ0v) is 29.5. The molecule has 0 spiro atoms. The molecule has 0 radical (unpaired) electrons. The van der Waals surface area contributed by atoms with Crippen molar-refractivity contribution < 1.29 is 4.42 Å². The van der Waals surface area contributed by atoms with E-state index in [1.54, 1.807) is 0 Å². The Morgan fingerprint density at radius 3 is 1.96 bits per heavy atom. The number of hydrogen-bond donors (Lipinski definition) is 0. The molecule has 2 aromatic heterocycles. The summed E-state index contributed by atoms with van der Waals surface area (Å²) >= 11 is 1.86. The summed E-state index contributed by atoms with van der Waals surface area (Å²) in [6.07, 6.45) is 0. The third-order valence-electron chi connectivity index (χ3n) is 10.6. The van der Waals surface area contributed by atoms with Crippen LogP contribution >= 0.6 is 11.3 Å². The van der Waals surface area contributed by atoms with Gasteiger partial charge in [0.2, 0.25) is 0 Å². The van der Waals surface area contributed by atoms with Gasteiger partial charge in [0.05, 0.1) is 16.8 Å². The van der Waals surface area contributed by atoms with Gasteiger partial charge in [0.15, 0.2) is 0 Å². The average molecular weight is 694 g/mol. The van der Waals surface area contributed by atoms with Gasteiger partial charge in [0.25, 0.3) is 0 Å². The molecule has 0 aliphatic carbocycles. The zero-order chi connectivity index (χ0) is 34.9. The second-order valence-electron chi connectivity index (χ2n) is 13.7. The highest BCUT2D eigenvalue weighted by Crippen LogP contribution is 2.48.